The highest BCUT2D eigenvalue weighted by molar-refractivity contribution is 6.90. The number of rotatable bonds is 44. The summed E-state index contributed by atoms with van der Waals surface area (Å²) < 4.78 is 0. The van der Waals surface area contributed by atoms with Crippen LogP contribution in [0.3, 0.4) is 0 Å². The van der Waals surface area contributed by atoms with E-state index >= 15 is 0 Å². The second-order valence-electron chi connectivity index (χ2n) is 23.2. The van der Waals surface area contributed by atoms with E-state index in [-0.39, 0.29) is 0 Å². The Labute approximate surface area is 500 Å². The summed E-state index contributed by atoms with van der Waals surface area (Å²) >= 11 is 0. The van der Waals surface area contributed by atoms with E-state index in [9.17, 15) is 0 Å². The predicted molar refractivity (Wildman–Crippen MR) is 363 cm³/mol. The van der Waals surface area contributed by atoms with E-state index in [1.54, 1.807) is 0 Å². The van der Waals surface area contributed by atoms with E-state index in [1.807, 2.05) is 6.21 Å². The second kappa shape index (κ2) is 42.8. The lowest BCUT2D eigenvalue weighted by molar-refractivity contribution is 0.607. The van der Waals surface area contributed by atoms with Crippen LogP contribution in [0.1, 0.15) is 255 Å². The molecule has 5 aromatic carbocycles. The Morgan fingerprint density at radius 3 is 0.829 bits per heavy atom. The topological polar surface area (TPSA) is 61.8 Å². The third kappa shape index (κ3) is 27.9. The van der Waals surface area contributed by atoms with Gasteiger partial charge in [0.05, 0.1) is 34.7 Å². The van der Waals surface area contributed by atoms with Gasteiger partial charge in [-0.2, -0.15) is 0 Å². The van der Waals surface area contributed by atoms with Crippen molar-refractivity contribution in [2.24, 2.45) is 25.0 Å². The largest absolute Gasteiger partial charge is 0.255 e. The summed E-state index contributed by atoms with van der Waals surface area (Å²) in [6.45, 7) is 11.4. The van der Waals surface area contributed by atoms with E-state index in [0.29, 0.717) is 22.8 Å². The lowest BCUT2D eigenvalue weighted by atomic mass is 10.0. The van der Waals surface area contributed by atoms with Crippen LogP contribution in [0.4, 0.5) is 28.4 Å². The summed E-state index contributed by atoms with van der Waals surface area (Å²) in [4.78, 5) is 27.0. The molecule has 0 aliphatic heterocycles. The molecule has 5 aromatic rings. The minimum absolute atomic E-state index is 0.382. The minimum atomic E-state index is 0.382. The molecule has 0 bridgehead atoms. The molecule has 82 heavy (non-hydrogen) atoms. The standard InChI is InChI=1S/C77H107N5/c1-7-13-18-23-28-33-38-64-43-53-69(54-44-64)78-63-75(80-71-57-47-66(48-58-71)40-35-30-25-20-15-9-3)77(82-73-61-51-68(52-62-73)42-37-32-27-22-17-11-5)76(81-72-59-49-67(50-60-72)41-36-31-26-21-16-10-4)74(12-6)79-70-55-45-65(46-56-70)39-34-29-24-19-14-8-2/h6,43-63H,7-11,13-42H2,1-5H3. The molecule has 0 unspecified atom stereocenters. The summed E-state index contributed by atoms with van der Waals surface area (Å²) in [7, 11) is 0. The van der Waals surface area contributed by atoms with Crippen LogP contribution in [0, 0.1) is 12.3 Å². The van der Waals surface area contributed by atoms with Gasteiger partial charge in [-0.3, -0.25) is 4.99 Å². The lowest BCUT2D eigenvalue weighted by Crippen LogP contribution is -2.31. The van der Waals surface area contributed by atoms with E-state index < -0.39 is 0 Å². The molecule has 0 fully saturated rings. The van der Waals surface area contributed by atoms with Gasteiger partial charge in [0.25, 0.3) is 0 Å². The number of aliphatic imine (C=N–C) groups is 5. The Hall–Kier alpha value is -5.99. The summed E-state index contributed by atoms with van der Waals surface area (Å²) in [5.41, 5.74) is 12.5. The summed E-state index contributed by atoms with van der Waals surface area (Å²) in [5, 5.41) is 0. The lowest BCUT2D eigenvalue weighted by Gasteiger charge is -2.13. The molecule has 0 spiro atoms. The molecule has 0 N–H and O–H groups in total. The van der Waals surface area contributed by atoms with Crippen molar-refractivity contribution in [3.8, 4) is 12.3 Å². The molecule has 0 aliphatic rings. The van der Waals surface area contributed by atoms with Crippen molar-refractivity contribution < 1.29 is 0 Å². The third-order valence-corrected chi connectivity index (χ3v) is 15.9. The highest BCUT2D eigenvalue weighted by Crippen LogP contribution is 2.25. The van der Waals surface area contributed by atoms with Gasteiger partial charge < -0.3 is 0 Å². The van der Waals surface area contributed by atoms with Crippen LogP contribution in [-0.4, -0.2) is 29.1 Å². The fourth-order valence-electron chi connectivity index (χ4n) is 10.7. The number of hydrogen-bond acceptors (Lipinski definition) is 5. The van der Waals surface area contributed by atoms with Gasteiger partial charge in [-0.25, -0.2) is 20.0 Å². The summed E-state index contributed by atoms with van der Waals surface area (Å²) in [5.74, 6) is 3.03. The predicted octanol–water partition coefficient (Wildman–Crippen LogP) is 23.6. The van der Waals surface area contributed by atoms with Crippen LogP contribution in [0.5, 0.6) is 0 Å². The Balaban J connectivity index is 1.64. The molecule has 440 valence electrons. The van der Waals surface area contributed by atoms with Gasteiger partial charge in [0.2, 0.25) is 0 Å². The van der Waals surface area contributed by atoms with Crippen molar-refractivity contribution in [3.63, 3.8) is 0 Å². The number of hydrogen-bond donors (Lipinski definition) is 0. The van der Waals surface area contributed by atoms with Crippen LogP contribution < -0.4 is 0 Å². The van der Waals surface area contributed by atoms with Gasteiger partial charge in [-0.1, -0.05) is 256 Å². The first-order valence-electron chi connectivity index (χ1n) is 33.3. The Kier molecular flexibility index (Phi) is 34.8. The van der Waals surface area contributed by atoms with Gasteiger partial charge in [0, 0.05) is 0 Å². The Morgan fingerprint density at radius 1 is 0.293 bits per heavy atom. The summed E-state index contributed by atoms with van der Waals surface area (Å²) in [6.07, 6.45) is 52.0. The first-order chi connectivity index (χ1) is 40.4. The van der Waals surface area contributed by atoms with Gasteiger partial charge in [-0.15, -0.1) is 6.42 Å². The van der Waals surface area contributed by atoms with Gasteiger partial charge in [0.15, 0.2) is 0 Å². The van der Waals surface area contributed by atoms with Gasteiger partial charge in [0.1, 0.15) is 22.8 Å². The molecule has 5 heteroatoms. The minimum Gasteiger partial charge on any atom is -0.255 e. The van der Waals surface area contributed by atoms with Crippen LogP contribution in [0.15, 0.2) is 146 Å². The zero-order valence-corrected chi connectivity index (χ0v) is 52.2. The molecular weight excluding hydrogens is 995 g/mol. The Bertz CT molecular complexity index is 2640. The number of terminal acetylenes is 1. The maximum atomic E-state index is 6.68. The van der Waals surface area contributed by atoms with Crippen molar-refractivity contribution in [1.82, 2.24) is 0 Å². The molecular formula is C77H107N5. The van der Waals surface area contributed by atoms with Crippen molar-refractivity contribution in [3.05, 3.63) is 149 Å². The number of benzene rings is 5. The van der Waals surface area contributed by atoms with Crippen LogP contribution >= 0.6 is 0 Å². The van der Waals surface area contributed by atoms with Crippen molar-refractivity contribution in [2.45, 2.75) is 259 Å². The summed E-state index contributed by atoms with van der Waals surface area (Å²) in [6, 6.07) is 43.4. The highest BCUT2D eigenvalue weighted by atomic mass is 14.9. The maximum absolute atomic E-state index is 6.68. The highest BCUT2D eigenvalue weighted by Gasteiger charge is 2.22. The molecule has 0 saturated heterocycles. The molecule has 0 amide bonds. The van der Waals surface area contributed by atoms with Crippen LogP contribution in [-0.2, 0) is 32.1 Å². The average molecular weight is 1100 g/mol. The van der Waals surface area contributed by atoms with Gasteiger partial charge >= 0.3 is 0 Å². The van der Waals surface area contributed by atoms with Crippen molar-refractivity contribution in [2.75, 3.05) is 0 Å². The zero-order valence-electron chi connectivity index (χ0n) is 52.2. The normalized spacial score (nSPS) is 12.4. The quantitative estimate of drug-likeness (QED) is 0.0212. The van der Waals surface area contributed by atoms with E-state index in [4.69, 9.17) is 31.4 Å². The van der Waals surface area contributed by atoms with Crippen LogP contribution in [0.2, 0.25) is 0 Å². The van der Waals surface area contributed by atoms with E-state index in [0.717, 1.165) is 60.5 Å². The van der Waals surface area contributed by atoms with Crippen molar-refractivity contribution in [1.29, 1.82) is 0 Å². The molecule has 0 saturated carbocycles. The monoisotopic (exact) mass is 1100 g/mol. The molecule has 5 rings (SSSR count). The second-order valence-corrected chi connectivity index (χ2v) is 23.2. The molecule has 5 nitrogen and oxygen atoms in total. The molecule has 0 aliphatic carbocycles. The Morgan fingerprint density at radius 2 is 0.537 bits per heavy atom. The first kappa shape index (κ1) is 66.8. The average Bonchev–Trinajstić information content (AvgIpc) is 3.71. The zero-order chi connectivity index (χ0) is 57.9. The number of unbranched alkanes of at least 4 members (excludes halogenated alkanes) is 25. The fraction of sp³-hybridized carbons (Fsp3) is 0.519. The fourth-order valence-corrected chi connectivity index (χ4v) is 10.7. The molecule has 0 heterocycles. The maximum Gasteiger partial charge on any atom is 0.141 e. The van der Waals surface area contributed by atoms with E-state index in [2.05, 4.69) is 162 Å². The van der Waals surface area contributed by atoms with E-state index in [1.165, 1.54) is 220 Å². The first-order valence-corrected chi connectivity index (χ1v) is 33.3. The van der Waals surface area contributed by atoms with Crippen LogP contribution in [0.25, 0.3) is 0 Å². The van der Waals surface area contributed by atoms with Crippen molar-refractivity contribution >= 4 is 57.5 Å². The number of nitrogens with zero attached hydrogens (tertiary/aromatic N) is 5. The molecule has 0 aromatic heterocycles. The smallest absolute Gasteiger partial charge is 0.141 e. The SMILES string of the molecule is C#CC(=Nc1ccc(CCCCCCCC)cc1)C(=Nc1ccc(CCCCCCCC)cc1)C(=Nc1ccc(CCCCCCCC)cc1)C(C=Nc1ccc(CCCCCCCC)cc1)=Nc1ccc(CCCCCCCC)cc1. The number of aryl methyl sites for hydroxylation is 5. The third-order valence-electron chi connectivity index (χ3n) is 15.9. The molecule has 0 atom stereocenters. The molecule has 0 radical (unpaired) electrons. The van der Waals surface area contributed by atoms with Gasteiger partial charge in [-0.05, 0) is 159 Å².